The molecular weight excluding hydrogens is 200 g/mol. The summed E-state index contributed by atoms with van der Waals surface area (Å²) in [6.45, 7) is 0. The first-order chi connectivity index (χ1) is 3.71. The number of hydrogen-bond donors (Lipinski definition) is 2. The van der Waals surface area contributed by atoms with Crippen molar-refractivity contribution in [3.63, 3.8) is 0 Å². The topological polar surface area (TPSA) is 72.2 Å². The molecule has 3 N–H and O–H groups in total. The first-order valence-corrected chi connectivity index (χ1v) is 3.14. The smallest absolute Gasteiger partial charge is 1.00 e. The fourth-order valence-electron chi connectivity index (χ4n) is 0.161. The van der Waals surface area contributed by atoms with Crippen LogP contribution in [0.2, 0.25) is 0 Å². The van der Waals surface area contributed by atoms with Crippen LogP contribution in [0.1, 0.15) is 1.43 Å². The van der Waals surface area contributed by atoms with Crippen LogP contribution in [0.25, 0.3) is 0 Å². The van der Waals surface area contributed by atoms with Gasteiger partial charge in [-0.05, 0) is 0 Å². The first-order valence-electron chi connectivity index (χ1n) is 1.59. The summed E-state index contributed by atoms with van der Waals surface area (Å²) in [7, 11) is -4.66. The van der Waals surface area contributed by atoms with Crippen LogP contribution in [-0.4, -0.2) is 14.7 Å². The van der Waals surface area contributed by atoms with Gasteiger partial charge in [-0.2, -0.15) is 21.6 Å². The SMILES string of the molecule is NS(=O)(=O)NC(F)(F)F.[H-].[K+]. The second-order valence-corrected chi connectivity index (χ2v) is 2.44. The quantitative estimate of drug-likeness (QED) is 0.342. The Morgan fingerprint density at radius 1 is 1.40 bits per heavy atom. The normalized spacial score (nSPS) is 12.4. The van der Waals surface area contributed by atoms with Gasteiger partial charge in [-0.3, -0.25) is 0 Å². The zero-order valence-electron chi connectivity index (χ0n) is 5.94. The molecule has 0 saturated heterocycles. The molecular formula is CH4F3KN2O2S. The Hall–Kier alpha value is 1.30. The molecule has 0 aromatic rings. The van der Waals surface area contributed by atoms with E-state index in [1.165, 1.54) is 0 Å². The molecule has 4 nitrogen and oxygen atoms in total. The number of nitrogens with two attached hydrogens (primary N) is 1. The molecule has 0 bridgehead atoms. The first kappa shape index (κ1) is 13.9. The van der Waals surface area contributed by atoms with Crippen molar-refractivity contribution in [1.82, 2.24) is 4.72 Å². The average Bonchev–Trinajstić information content (AvgIpc) is 1.14. The maximum atomic E-state index is 11.0. The Labute approximate surface area is 99.4 Å². The van der Waals surface area contributed by atoms with E-state index in [2.05, 4.69) is 5.14 Å². The zero-order chi connectivity index (χ0) is 7.71. The van der Waals surface area contributed by atoms with E-state index in [1.807, 2.05) is 0 Å². The predicted octanol–water partition coefficient (Wildman–Crippen LogP) is -3.58. The van der Waals surface area contributed by atoms with Gasteiger partial charge in [0, 0.05) is 0 Å². The largest absolute Gasteiger partial charge is 1.00 e. The number of alkyl halides is 3. The molecule has 0 aliphatic rings. The third-order valence-corrected chi connectivity index (χ3v) is 0.774. The fourth-order valence-corrected chi connectivity index (χ4v) is 0.484. The molecule has 0 aromatic heterocycles. The van der Waals surface area contributed by atoms with Crippen LogP contribution in [0, 0.1) is 0 Å². The number of rotatable bonds is 1. The van der Waals surface area contributed by atoms with Crippen molar-refractivity contribution in [3.8, 4) is 0 Å². The molecule has 0 rings (SSSR count). The molecule has 0 aromatic carbocycles. The van der Waals surface area contributed by atoms with E-state index in [0.717, 1.165) is 0 Å². The molecule has 0 amide bonds. The van der Waals surface area contributed by atoms with E-state index in [4.69, 9.17) is 0 Å². The van der Waals surface area contributed by atoms with E-state index in [1.54, 1.807) is 0 Å². The number of hydrogen-bond acceptors (Lipinski definition) is 2. The van der Waals surface area contributed by atoms with Gasteiger partial charge in [0.05, 0.1) is 0 Å². The van der Waals surface area contributed by atoms with Gasteiger partial charge in [0.15, 0.2) is 0 Å². The monoisotopic (exact) mass is 204 g/mol. The van der Waals surface area contributed by atoms with Crippen LogP contribution in [0.4, 0.5) is 13.2 Å². The molecule has 0 aliphatic heterocycles. The van der Waals surface area contributed by atoms with Crippen LogP contribution in [0.3, 0.4) is 0 Å². The Morgan fingerprint density at radius 3 is 1.70 bits per heavy atom. The molecule has 10 heavy (non-hydrogen) atoms. The second-order valence-electron chi connectivity index (χ2n) is 1.14. The van der Waals surface area contributed by atoms with Gasteiger partial charge in [-0.1, -0.05) is 0 Å². The molecule has 0 saturated carbocycles. The van der Waals surface area contributed by atoms with Crippen molar-refractivity contribution in [1.29, 1.82) is 0 Å². The third-order valence-electron chi connectivity index (χ3n) is 0.258. The third kappa shape index (κ3) is 12.0. The van der Waals surface area contributed by atoms with Gasteiger partial charge in [0.2, 0.25) is 0 Å². The van der Waals surface area contributed by atoms with E-state index < -0.39 is 16.5 Å². The zero-order valence-corrected chi connectivity index (χ0v) is 8.88. The summed E-state index contributed by atoms with van der Waals surface area (Å²) in [6.07, 6.45) is -4.98. The summed E-state index contributed by atoms with van der Waals surface area (Å²) < 4.78 is 52.3. The Kier molecular flexibility index (Phi) is 6.03. The van der Waals surface area contributed by atoms with Crippen LogP contribution in [0.15, 0.2) is 0 Å². The van der Waals surface area contributed by atoms with Gasteiger partial charge < -0.3 is 1.43 Å². The van der Waals surface area contributed by atoms with E-state index >= 15 is 0 Å². The standard InChI is InChI=1S/CH3F3N2O2S.K.H/c2-1(3,4)6-9(5,7)8;;/h6H,(H2,5,7,8);;/q;+1;-1. The van der Waals surface area contributed by atoms with E-state index in [0.29, 0.717) is 0 Å². The molecule has 58 valence electrons. The Balaban J connectivity index is -0.000000320. The summed E-state index contributed by atoms with van der Waals surface area (Å²) in [5.74, 6) is 0. The predicted molar refractivity (Wildman–Crippen MR) is 23.4 cm³/mol. The number of nitrogens with one attached hydrogen (secondary N) is 1. The maximum Gasteiger partial charge on any atom is 1.00 e. The van der Waals surface area contributed by atoms with Crippen LogP contribution in [-0.2, 0) is 10.2 Å². The molecule has 0 heterocycles. The van der Waals surface area contributed by atoms with Gasteiger partial charge in [0.25, 0.3) is 10.2 Å². The summed E-state index contributed by atoms with van der Waals surface area (Å²) in [4.78, 5) is 0. The van der Waals surface area contributed by atoms with Crippen molar-refractivity contribution < 1.29 is 74.4 Å². The van der Waals surface area contributed by atoms with Crippen molar-refractivity contribution in [2.24, 2.45) is 5.14 Å². The summed E-state index contributed by atoms with van der Waals surface area (Å²) in [6, 6.07) is 0. The van der Waals surface area contributed by atoms with Gasteiger partial charge in [-0.25, -0.2) is 5.14 Å². The van der Waals surface area contributed by atoms with Gasteiger partial charge in [0.1, 0.15) is 0 Å². The summed E-state index contributed by atoms with van der Waals surface area (Å²) in [5, 5.41) is 3.96. The van der Waals surface area contributed by atoms with Crippen molar-refractivity contribution in [3.05, 3.63) is 0 Å². The molecule has 0 spiro atoms. The minimum absolute atomic E-state index is 0. The molecule has 0 aliphatic carbocycles. The van der Waals surface area contributed by atoms with E-state index in [-0.39, 0.29) is 57.5 Å². The molecule has 0 radical (unpaired) electrons. The average molecular weight is 204 g/mol. The maximum absolute atomic E-state index is 11.0. The van der Waals surface area contributed by atoms with Crippen molar-refractivity contribution in [2.75, 3.05) is 0 Å². The minimum Gasteiger partial charge on any atom is -1.00 e. The Morgan fingerprint density at radius 2 is 1.70 bits per heavy atom. The van der Waals surface area contributed by atoms with Crippen LogP contribution >= 0.6 is 0 Å². The molecule has 0 unspecified atom stereocenters. The Bertz CT molecular complexity index is 190. The second kappa shape index (κ2) is 4.35. The van der Waals surface area contributed by atoms with Crippen LogP contribution in [0.5, 0.6) is 0 Å². The van der Waals surface area contributed by atoms with Gasteiger partial charge in [-0.15, -0.1) is 4.72 Å². The molecule has 9 heteroatoms. The minimum atomic E-state index is -4.98. The molecule has 0 fully saturated rings. The van der Waals surface area contributed by atoms with Gasteiger partial charge >= 0.3 is 57.7 Å². The van der Waals surface area contributed by atoms with Crippen molar-refractivity contribution in [2.45, 2.75) is 6.30 Å². The number of halogens is 3. The fraction of sp³-hybridized carbons (Fsp3) is 1.00. The summed E-state index contributed by atoms with van der Waals surface area (Å²) >= 11 is 0. The molecule has 0 atom stereocenters. The van der Waals surface area contributed by atoms with Crippen LogP contribution < -0.4 is 61.2 Å². The summed E-state index contributed by atoms with van der Waals surface area (Å²) in [5.41, 5.74) is 0. The van der Waals surface area contributed by atoms with E-state index in [9.17, 15) is 21.6 Å². The van der Waals surface area contributed by atoms with Crippen molar-refractivity contribution >= 4 is 10.2 Å².